The van der Waals surface area contributed by atoms with Gasteiger partial charge in [0.1, 0.15) is 0 Å². The topological polar surface area (TPSA) is 9.23 Å². The number of alkyl halides is 1. The summed E-state index contributed by atoms with van der Waals surface area (Å²) in [6.45, 7) is 17.1. The van der Waals surface area contributed by atoms with E-state index >= 15 is 0 Å². The molecule has 0 aromatic rings. The van der Waals surface area contributed by atoms with Crippen LogP contribution in [0.1, 0.15) is 40.5 Å². The van der Waals surface area contributed by atoms with Gasteiger partial charge in [0.25, 0.3) is 0 Å². The van der Waals surface area contributed by atoms with E-state index in [4.69, 9.17) is 4.43 Å². The van der Waals surface area contributed by atoms with Gasteiger partial charge < -0.3 is 4.43 Å². The summed E-state index contributed by atoms with van der Waals surface area (Å²) in [7, 11) is -1.76. The molecule has 0 spiro atoms. The van der Waals surface area contributed by atoms with Crippen molar-refractivity contribution in [3.05, 3.63) is 23.3 Å². The maximum atomic E-state index is 12.5. The highest BCUT2D eigenvalue weighted by Crippen LogP contribution is 2.42. The maximum absolute atomic E-state index is 12.5. The van der Waals surface area contributed by atoms with Crippen LogP contribution in [0.4, 0.5) is 4.39 Å². The smallest absolute Gasteiger partial charge is 0.192 e. The Kier molecular flexibility index (Phi) is 4.60. The zero-order chi connectivity index (χ0) is 14.1. The highest BCUT2D eigenvalue weighted by molar-refractivity contribution is 6.74. The minimum atomic E-state index is -1.76. The molecule has 0 aliphatic heterocycles. The average Bonchev–Trinajstić information content (AvgIpc) is 2.44. The fourth-order valence-electron chi connectivity index (χ4n) is 2.10. The molecule has 0 aromatic carbocycles. The summed E-state index contributed by atoms with van der Waals surface area (Å²) in [5.41, 5.74) is 3.36. The average molecular weight is 270 g/mol. The summed E-state index contributed by atoms with van der Waals surface area (Å²) in [4.78, 5) is 0. The van der Waals surface area contributed by atoms with E-state index in [1.807, 2.05) is 0 Å². The number of halogens is 1. The molecule has 0 unspecified atom stereocenters. The SMILES string of the molecule is C=C1C[C@H](O[Si](C)(C)C(C)(C)C)C(C)=C1CCF. The van der Waals surface area contributed by atoms with Gasteiger partial charge in [-0.2, -0.15) is 0 Å². The second-order valence-electron chi connectivity index (χ2n) is 6.78. The number of allylic oxidation sites excluding steroid dienone is 1. The van der Waals surface area contributed by atoms with Crippen LogP contribution in [-0.2, 0) is 4.43 Å². The maximum Gasteiger partial charge on any atom is 0.192 e. The Morgan fingerprint density at radius 3 is 2.39 bits per heavy atom. The van der Waals surface area contributed by atoms with Crippen molar-refractivity contribution in [2.75, 3.05) is 6.67 Å². The molecule has 0 N–H and O–H groups in total. The molecule has 0 saturated carbocycles. The molecule has 1 aliphatic carbocycles. The second-order valence-corrected chi connectivity index (χ2v) is 11.5. The van der Waals surface area contributed by atoms with Gasteiger partial charge in [0.2, 0.25) is 0 Å². The van der Waals surface area contributed by atoms with Crippen LogP contribution < -0.4 is 0 Å². The molecule has 18 heavy (non-hydrogen) atoms. The molecule has 1 atom stereocenters. The molecular formula is C15H27FOSi. The lowest BCUT2D eigenvalue weighted by Crippen LogP contribution is -2.43. The Morgan fingerprint density at radius 1 is 1.39 bits per heavy atom. The van der Waals surface area contributed by atoms with Gasteiger partial charge >= 0.3 is 0 Å². The molecule has 1 rings (SSSR count). The van der Waals surface area contributed by atoms with Crippen molar-refractivity contribution in [1.29, 1.82) is 0 Å². The van der Waals surface area contributed by atoms with Crippen LogP contribution in [0, 0.1) is 0 Å². The van der Waals surface area contributed by atoms with E-state index in [-0.39, 0.29) is 17.8 Å². The van der Waals surface area contributed by atoms with E-state index in [1.165, 1.54) is 5.57 Å². The highest BCUT2D eigenvalue weighted by Gasteiger charge is 2.41. The number of rotatable bonds is 4. The first-order valence-corrected chi connectivity index (χ1v) is 9.62. The van der Waals surface area contributed by atoms with Crippen LogP contribution >= 0.6 is 0 Å². The van der Waals surface area contributed by atoms with Crippen molar-refractivity contribution in [3.8, 4) is 0 Å². The fraction of sp³-hybridized carbons (Fsp3) is 0.733. The molecule has 1 aliphatic rings. The first kappa shape index (κ1) is 15.6. The van der Waals surface area contributed by atoms with Crippen molar-refractivity contribution < 1.29 is 8.82 Å². The highest BCUT2D eigenvalue weighted by atomic mass is 28.4. The Bertz CT molecular complexity index is 363. The van der Waals surface area contributed by atoms with Crippen molar-refractivity contribution in [1.82, 2.24) is 0 Å². The first-order valence-electron chi connectivity index (χ1n) is 6.71. The molecule has 104 valence electrons. The van der Waals surface area contributed by atoms with Gasteiger partial charge in [-0.3, -0.25) is 4.39 Å². The molecule has 0 aromatic heterocycles. The number of hydrogen-bond donors (Lipinski definition) is 0. The van der Waals surface area contributed by atoms with Gasteiger partial charge in [-0.25, -0.2) is 0 Å². The molecule has 0 saturated heterocycles. The van der Waals surface area contributed by atoms with Gasteiger partial charge in [0, 0.05) is 12.8 Å². The second kappa shape index (κ2) is 5.30. The van der Waals surface area contributed by atoms with Crippen LogP contribution in [0.3, 0.4) is 0 Å². The van der Waals surface area contributed by atoms with Crippen LogP contribution in [0.15, 0.2) is 23.3 Å². The summed E-state index contributed by atoms with van der Waals surface area (Å²) in [5, 5.41) is 0.206. The standard InChI is InChI=1S/C15H27FOSi/c1-11-10-14(12(2)13(11)8-9-16)17-18(6,7)15(3,4)5/h14H,1,8-10H2,2-7H3/t14-/m0/s1. The van der Waals surface area contributed by atoms with Crippen LogP contribution in [0.5, 0.6) is 0 Å². The third-order valence-corrected chi connectivity index (χ3v) is 8.89. The minimum Gasteiger partial charge on any atom is -0.410 e. The van der Waals surface area contributed by atoms with Crippen molar-refractivity contribution in [2.45, 2.75) is 64.8 Å². The van der Waals surface area contributed by atoms with Gasteiger partial charge in [-0.1, -0.05) is 27.4 Å². The van der Waals surface area contributed by atoms with Crippen molar-refractivity contribution in [3.63, 3.8) is 0 Å². The molecule has 0 radical (unpaired) electrons. The summed E-state index contributed by atoms with van der Waals surface area (Å²) in [6.07, 6.45) is 1.45. The predicted octanol–water partition coefficient (Wildman–Crippen LogP) is 5.01. The van der Waals surface area contributed by atoms with Crippen LogP contribution in [-0.4, -0.2) is 21.1 Å². The van der Waals surface area contributed by atoms with E-state index < -0.39 is 8.32 Å². The normalized spacial score (nSPS) is 21.9. The van der Waals surface area contributed by atoms with E-state index in [2.05, 4.69) is 47.4 Å². The van der Waals surface area contributed by atoms with Crippen LogP contribution in [0.2, 0.25) is 18.1 Å². The summed E-state index contributed by atoms with van der Waals surface area (Å²) in [5.74, 6) is 0. The predicted molar refractivity (Wildman–Crippen MR) is 79.1 cm³/mol. The quantitative estimate of drug-likeness (QED) is 0.652. The first-order chi connectivity index (χ1) is 8.10. The Balaban J connectivity index is 2.86. The monoisotopic (exact) mass is 270 g/mol. The van der Waals surface area contributed by atoms with E-state index in [0.717, 1.165) is 17.6 Å². The number of hydrogen-bond acceptors (Lipinski definition) is 1. The molecular weight excluding hydrogens is 243 g/mol. The largest absolute Gasteiger partial charge is 0.410 e. The third kappa shape index (κ3) is 3.12. The lowest BCUT2D eigenvalue weighted by atomic mass is 10.1. The molecule has 3 heteroatoms. The van der Waals surface area contributed by atoms with E-state index in [1.54, 1.807) is 0 Å². The third-order valence-electron chi connectivity index (χ3n) is 4.41. The molecule has 1 nitrogen and oxygen atoms in total. The lowest BCUT2D eigenvalue weighted by Gasteiger charge is -2.38. The zero-order valence-corrected chi connectivity index (χ0v) is 13.7. The van der Waals surface area contributed by atoms with Crippen molar-refractivity contribution >= 4 is 8.32 Å². The van der Waals surface area contributed by atoms with E-state index in [0.29, 0.717) is 6.42 Å². The van der Waals surface area contributed by atoms with Gasteiger partial charge in [-0.15, -0.1) is 0 Å². The minimum absolute atomic E-state index is 0.125. The van der Waals surface area contributed by atoms with Gasteiger partial charge in [0.05, 0.1) is 12.8 Å². The molecule has 0 bridgehead atoms. The Hall–Kier alpha value is -0.413. The summed E-state index contributed by atoms with van der Waals surface area (Å²) < 4.78 is 19.0. The summed E-state index contributed by atoms with van der Waals surface area (Å²) >= 11 is 0. The molecule has 0 fully saturated rings. The Morgan fingerprint density at radius 2 is 1.94 bits per heavy atom. The molecule has 0 amide bonds. The van der Waals surface area contributed by atoms with Gasteiger partial charge in [-0.05, 0) is 41.8 Å². The zero-order valence-electron chi connectivity index (χ0n) is 12.7. The molecule has 0 heterocycles. The van der Waals surface area contributed by atoms with Crippen molar-refractivity contribution in [2.24, 2.45) is 0 Å². The van der Waals surface area contributed by atoms with Crippen LogP contribution in [0.25, 0.3) is 0 Å². The van der Waals surface area contributed by atoms with E-state index in [9.17, 15) is 4.39 Å². The Labute approximate surface area is 112 Å². The lowest BCUT2D eigenvalue weighted by molar-refractivity contribution is 0.221. The van der Waals surface area contributed by atoms with Gasteiger partial charge in [0.15, 0.2) is 8.32 Å². The fourth-order valence-corrected chi connectivity index (χ4v) is 3.43. The summed E-state index contributed by atoms with van der Waals surface area (Å²) in [6, 6.07) is 0.